The van der Waals surface area contributed by atoms with Crippen LogP contribution in [0, 0.1) is 6.92 Å². The third-order valence-corrected chi connectivity index (χ3v) is 4.12. The summed E-state index contributed by atoms with van der Waals surface area (Å²) in [5.74, 6) is 0.717. The van der Waals surface area contributed by atoms with E-state index in [-0.39, 0.29) is 6.10 Å². The van der Waals surface area contributed by atoms with Crippen LogP contribution in [-0.2, 0) is 6.42 Å². The van der Waals surface area contributed by atoms with E-state index >= 15 is 0 Å². The summed E-state index contributed by atoms with van der Waals surface area (Å²) in [6, 6.07) is 4.03. The molecule has 0 radical (unpaired) electrons. The van der Waals surface area contributed by atoms with Crippen molar-refractivity contribution in [1.29, 1.82) is 0 Å². The predicted octanol–water partition coefficient (Wildman–Crippen LogP) is 3.31. The first kappa shape index (κ1) is 15.0. The summed E-state index contributed by atoms with van der Waals surface area (Å²) < 4.78 is 5.87. The number of nitrogens with zero attached hydrogens (tertiary/aromatic N) is 2. The first-order chi connectivity index (χ1) is 9.60. The number of hydrogen-bond donors (Lipinski definition) is 0. The molecule has 0 N–H and O–H groups in total. The molecule has 1 heterocycles. The van der Waals surface area contributed by atoms with Gasteiger partial charge < -0.3 is 9.64 Å². The lowest BCUT2D eigenvalue weighted by Gasteiger charge is -2.19. The molecule has 4 heteroatoms. The molecule has 108 valence electrons. The van der Waals surface area contributed by atoms with Crippen molar-refractivity contribution >= 4 is 17.2 Å². The van der Waals surface area contributed by atoms with Crippen molar-refractivity contribution < 1.29 is 4.74 Å². The molecule has 2 rings (SSSR count). The van der Waals surface area contributed by atoms with Gasteiger partial charge in [0.25, 0.3) is 0 Å². The van der Waals surface area contributed by atoms with Gasteiger partial charge in [0.1, 0.15) is 6.10 Å². The highest BCUT2D eigenvalue weighted by Crippen LogP contribution is 2.20. The smallest absolute Gasteiger partial charge is 0.213 e. The zero-order valence-corrected chi connectivity index (χ0v) is 13.2. The highest BCUT2D eigenvalue weighted by molar-refractivity contribution is 7.80. The van der Waals surface area contributed by atoms with Gasteiger partial charge in [0.05, 0.1) is 4.99 Å². The largest absolute Gasteiger partial charge is 0.474 e. The Hall–Kier alpha value is -1.42. The van der Waals surface area contributed by atoms with Crippen LogP contribution in [0.2, 0.25) is 0 Å². The minimum absolute atomic E-state index is 0.250. The Morgan fingerprint density at radius 3 is 2.70 bits per heavy atom. The average Bonchev–Trinajstić information content (AvgIpc) is 2.93. The van der Waals surface area contributed by atoms with Crippen molar-refractivity contribution in [3.63, 3.8) is 0 Å². The Labute approximate surface area is 126 Å². The van der Waals surface area contributed by atoms with Gasteiger partial charge >= 0.3 is 0 Å². The number of aryl methyl sites for hydroxylation is 1. The molecule has 3 nitrogen and oxygen atoms in total. The lowest BCUT2D eigenvalue weighted by atomic mass is 10.1. The topological polar surface area (TPSA) is 25.4 Å². The zero-order valence-electron chi connectivity index (χ0n) is 12.4. The molecule has 0 unspecified atom stereocenters. The summed E-state index contributed by atoms with van der Waals surface area (Å²) in [5, 5.41) is 0. The van der Waals surface area contributed by atoms with Crippen molar-refractivity contribution in [3.05, 3.63) is 35.5 Å². The van der Waals surface area contributed by atoms with Crippen molar-refractivity contribution in [3.8, 4) is 5.88 Å². The minimum Gasteiger partial charge on any atom is -0.474 e. The van der Waals surface area contributed by atoms with Crippen LogP contribution in [-0.4, -0.2) is 34.6 Å². The molecule has 0 saturated heterocycles. The molecule has 1 aromatic rings. The molecule has 0 saturated carbocycles. The van der Waals surface area contributed by atoms with E-state index in [1.54, 1.807) is 0 Å². The Kier molecular flexibility index (Phi) is 5.12. The van der Waals surface area contributed by atoms with E-state index in [0.717, 1.165) is 42.4 Å². The fourth-order valence-corrected chi connectivity index (χ4v) is 2.44. The van der Waals surface area contributed by atoms with Gasteiger partial charge in [-0.1, -0.05) is 30.4 Å². The summed E-state index contributed by atoms with van der Waals surface area (Å²) >= 11 is 5.42. The number of pyridine rings is 1. The van der Waals surface area contributed by atoms with Crippen LogP contribution in [0.1, 0.15) is 31.0 Å². The van der Waals surface area contributed by atoms with E-state index in [0.29, 0.717) is 0 Å². The summed E-state index contributed by atoms with van der Waals surface area (Å²) in [5.41, 5.74) is 2.17. The lowest BCUT2D eigenvalue weighted by Crippen LogP contribution is -2.26. The third kappa shape index (κ3) is 3.79. The maximum atomic E-state index is 5.87. The fourth-order valence-electron chi connectivity index (χ4n) is 2.15. The SMILES string of the molecule is CCN(C)C(=S)Cc1ccc(OC2CC=CC2)nc1C. The van der Waals surface area contributed by atoms with Gasteiger partial charge in [-0.15, -0.1) is 0 Å². The molecule has 0 aromatic carbocycles. The monoisotopic (exact) mass is 290 g/mol. The van der Waals surface area contributed by atoms with Gasteiger partial charge in [-0.25, -0.2) is 4.98 Å². The number of likely N-dealkylation sites (N-methyl/N-ethyl adjacent to an activating group) is 1. The Morgan fingerprint density at radius 2 is 2.10 bits per heavy atom. The molecule has 0 fully saturated rings. The summed E-state index contributed by atoms with van der Waals surface area (Å²) in [7, 11) is 2.02. The Morgan fingerprint density at radius 1 is 1.40 bits per heavy atom. The molecule has 20 heavy (non-hydrogen) atoms. The van der Waals surface area contributed by atoms with E-state index in [9.17, 15) is 0 Å². The van der Waals surface area contributed by atoms with Crippen molar-refractivity contribution in [2.75, 3.05) is 13.6 Å². The van der Waals surface area contributed by atoms with E-state index in [4.69, 9.17) is 17.0 Å². The summed E-state index contributed by atoms with van der Waals surface area (Å²) in [6.45, 7) is 5.05. The van der Waals surface area contributed by atoms with Crippen LogP contribution < -0.4 is 4.74 Å². The number of aromatic nitrogens is 1. The van der Waals surface area contributed by atoms with Gasteiger partial charge in [0.2, 0.25) is 5.88 Å². The molecule has 1 aliphatic rings. The second-order valence-electron chi connectivity index (χ2n) is 5.16. The van der Waals surface area contributed by atoms with Crippen LogP contribution in [0.5, 0.6) is 5.88 Å². The number of thiocarbonyl (C=S) groups is 1. The van der Waals surface area contributed by atoms with Gasteiger partial charge in [-0.2, -0.15) is 0 Å². The summed E-state index contributed by atoms with van der Waals surface area (Å²) in [4.78, 5) is 7.58. The molecule has 1 aromatic heterocycles. The molecular weight excluding hydrogens is 268 g/mol. The maximum absolute atomic E-state index is 5.87. The molecular formula is C16H22N2OS. The van der Waals surface area contributed by atoms with Gasteiger partial charge in [-0.05, 0) is 19.4 Å². The first-order valence-corrected chi connectivity index (χ1v) is 7.53. The second kappa shape index (κ2) is 6.84. The summed E-state index contributed by atoms with van der Waals surface area (Å²) in [6.07, 6.45) is 7.29. The maximum Gasteiger partial charge on any atom is 0.213 e. The first-order valence-electron chi connectivity index (χ1n) is 7.12. The minimum atomic E-state index is 0.250. The predicted molar refractivity (Wildman–Crippen MR) is 86.4 cm³/mol. The highest BCUT2D eigenvalue weighted by atomic mass is 32.1. The Bertz CT molecular complexity index is 505. The molecule has 0 bridgehead atoms. The standard InChI is InChI=1S/C16H22N2OS/c1-4-18(3)16(20)11-13-9-10-15(17-12(13)2)19-14-7-5-6-8-14/h5-6,9-10,14H,4,7-8,11H2,1-3H3. The van der Waals surface area contributed by atoms with Crippen LogP contribution >= 0.6 is 12.2 Å². The van der Waals surface area contributed by atoms with Crippen LogP contribution in [0.15, 0.2) is 24.3 Å². The van der Waals surface area contributed by atoms with Crippen LogP contribution in [0.4, 0.5) is 0 Å². The molecule has 0 aliphatic heterocycles. The van der Waals surface area contributed by atoms with Gasteiger partial charge in [0, 0.05) is 44.6 Å². The van der Waals surface area contributed by atoms with Crippen LogP contribution in [0.25, 0.3) is 0 Å². The van der Waals surface area contributed by atoms with Crippen molar-refractivity contribution in [1.82, 2.24) is 9.88 Å². The second-order valence-corrected chi connectivity index (χ2v) is 5.63. The van der Waals surface area contributed by atoms with E-state index in [1.165, 1.54) is 5.56 Å². The molecule has 1 aliphatic carbocycles. The van der Waals surface area contributed by atoms with E-state index in [1.807, 2.05) is 20.0 Å². The zero-order chi connectivity index (χ0) is 14.5. The number of ether oxygens (including phenoxy) is 1. The quantitative estimate of drug-likeness (QED) is 0.614. The van der Waals surface area contributed by atoms with E-state index in [2.05, 4.69) is 35.0 Å². The highest BCUT2D eigenvalue weighted by Gasteiger charge is 2.13. The molecule has 0 atom stereocenters. The number of rotatable bonds is 5. The average molecular weight is 290 g/mol. The third-order valence-electron chi connectivity index (χ3n) is 3.66. The lowest BCUT2D eigenvalue weighted by molar-refractivity contribution is 0.207. The van der Waals surface area contributed by atoms with Crippen LogP contribution in [0.3, 0.4) is 0 Å². The van der Waals surface area contributed by atoms with Gasteiger partial charge in [0.15, 0.2) is 0 Å². The van der Waals surface area contributed by atoms with Crippen molar-refractivity contribution in [2.45, 2.75) is 39.2 Å². The van der Waals surface area contributed by atoms with E-state index < -0.39 is 0 Å². The normalized spacial score (nSPS) is 14.6. The molecule has 0 spiro atoms. The van der Waals surface area contributed by atoms with Crippen molar-refractivity contribution in [2.24, 2.45) is 0 Å². The molecule has 0 amide bonds. The Balaban J connectivity index is 2.00. The number of hydrogen-bond acceptors (Lipinski definition) is 3. The fraction of sp³-hybridized carbons (Fsp3) is 0.500. The van der Waals surface area contributed by atoms with Gasteiger partial charge in [-0.3, -0.25) is 0 Å².